The van der Waals surface area contributed by atoms with Gasteiger partial charge in [-0.15, -0.1) is 0 Å². The monoisotopic (exact) mass is 266 g/mol. The minimum absolute atomic E-state index is 0.0532. The minimum atomic E-state index is -1.23. The Bertz CT molecular complexity index is 487. The van der Waals surface area contributed by atoms with Gasteiger partial charge in [0.15, 0.2) is 5.69 Å². The molecule has 0 bridgehead atoms. The Morgan fingerprint density at radius 3 is 2.74 bits per heavy atom. The number of hydrogen-bond acceptors (Lipinski definition) is 5. The molecule has 0 aliphatic rings. The number of pyridine rings is 1. The second kappa shape index (κ2) is 7.10. The van der Waals surface area contributed by atoms with Crippen molar-refractivity contribution in [3.8, 4) is 0 Å². The summed E-state index contributed by atoms with van der Waals surface area (Å²) in [6, 6.07) is 2.94. The average Bonchev–Trinajstić information content (AvgIpc) is 2.37. The second-order valence-corrected chi connectivity index (χ2v) is 3.56. The molecule has 0 radical (unpaired) electrons. The molecule has 0 unspecified atom stereocenters. The summed E-state index contributed by atoms with van der Waals surface area (Å²) >= 11 is 0. The van der Waals surface area contributed by atoms with Crippen LogP contribution in [0.3, 0.4) is 0 Å². The number of carbonyl (C=O) groups is 3. The van der Waals surface area contributed by atoms with E-state index in [4.69, 9.17) is 5.11 Å². The van der Waals surface area contributed by atoms with Crippen LogP contribution in [0.1, 0.15) is 30.3 Å². The smallest absolute Gasteiger partial charge is 0.356 e. The molecule has 0 spiro atoms. The van der Waals surface area contributed by atoms with Gasteiger partial charge in [-0.1, -0.05) is 0 Å². The third kappa shape index (κ3) is 4.74. The maximum Gasteiger partial charge on any atom is 0.356 e. The lowest BCUT2D eigenvalue weighted by molar-refractivity contribution is -0.144. The lowest BCUT2D eigenvalue weighted by Gasteiger charge is -2.07. The molecule has 0 aromatic carbocycles. The largest absolute Gasteiger partial charge is 0.476 e. The average molecular weight is 266 g/mol. The third-order valence-corrected chi connectivity index (χ3v) is 2.15. The fourth-order valence-corrected chi connectivity index (χ4v) is 1.34. The predicted molar refractivity (Wildman–Crippen MR) is 65.7 cm³/mol. The Morgan fingerprint density at radius 2 is 2.11 bits per heavy atom. The van der Waals surface area contributed by atoms with E-state index >= 15 is 0 Å². The molecule has 1 heterocycles. The van der Waals surface area contributed by atoms with Gasteiger partial charge in [-0.3, -0.25) is 9.59 Å². The van der Waals surface area contributed by atoms with Crippen molar-refractivity contribution in [2.45, 2.75) is 19.8 Å². The van der Waals surface area contributed by atoms with Crippen LogP contribution < -0.4 is 5.32 Å². The van der Waals surface area contributed by atoms with Crippen molar-refractivity contribution in [2.24, 2.45) is 0 Å². The van der Waals surface area contributed by atoms with Crippen molar-refractivity contribution in [3.63, 3.8) is 0 Å². The summed E-state index contributed by atoms with van der Waals surface area (Å²) in [5, 5.41) is 11.3. The van der Waals surface area contributed by atoms with Gasteiger partial charge in [0.2, 0.25) is 5.91 Å². The Hall–Kier alpha value is -2.44. The van der Waals surface area contributed by atoms with Crippen molar-refractivity contribution >= 4 is 23.5 Å². The fourth-order valence-electron chi connectivity index (χ4n) is 1.34. The zero-order valence-electron chi connectivity index (χ0n) is 10.4. The van der Waals surface area contributed by atoms with Gasteiger partial charge in [0, 0.05) is 12.6 Å². The summed E-state index contributed by atoms with van der Waals surface area (Å²) < 4.78 is 4.68. The zero-order chi connectivity index (χ0) is 14.3. The van der Waals surface area contributed by atoms with Crippen LogP contribution in [0.25, 0.3) is 0 Å². The Kier molecular flexibility index (Phi) is 5.46. The first-order valence-electron chi connectivity index (χ1n) is 5.68. The van der Waals surface area contributed by atoms with E-state index in [1.165, 1.54) is 18.3 Å². The lowest BCUT2D eigenvalue weighted by atomic mass is 10.2. The number of hydrogen-bond donors (Lipinski definition) is 2. The molecule has 1 amide bonds. The molecule has 7 nitrogen and oxygen atoms in total. The van der Waals surface area contributed by atoms with E-state index in [-0.39, 0.29) is 30.8 Å². The summed E-state index contributed by atoms with van der Waals surface area (Å²) in [5.41, 5.74) is -0.143. The maximum absolute atomic E-state index is 11.6. The van der Waals surface area contributed by atoms with E-state index in [1.54, 1.807) is 6.92 Å². The zero-order valence-corrected chi connectivity index (χ0v) is 10.4. The molecule has 0 saturated carbocycles. The maximum atomic E-state index is 11.6. The molecular weight excluding hydrogens is 252 g/mol. The molecule has 1 aromatic rings. The van der Waals surface area contributed by atoms with E-state index in [0.29, 0.717) is 0 Å². The number of aromatic nitrogens is 1. The van der Waals surface area contributed by atoms with Gasteiger partial charge < -0.3 is 15.2 Å². The number of anilines is 1. The van der Waals surface area contributed by atoms with Crippen LogP contribution in [0.4, 0.5) is 5.69 Å². The number of esters is 1. The van der Waals surface area contributed by atoms with Gasteiger partial charge in [0.05, 0.1) is 18.7 Å². The molecule has 1 aromatic heterocycles. The molecule has 0 fully saturated rings. The van der Waals surface area contributed by atoms with Crippen molar-refractivity contribution in [1.82, 2.24) is 4.98 Å². The van der Waals surface area contributed by atoms with Gasteiger partial charge in [0.25, 0.3) is 0 Å². The second-order valence-electron chi connectivity index (χ2n) is 3.56. The number of carboxylic acid groups (broad SMARTS) is 1. The van der Waals surface area contributed by atoms with Crippen LogP contribution in [0.2, 0.25) is 0 Å². The molecular formula is C12H14N2O5. The molecule has 2 N–H and O–H groups in total. The van der Waals surface area contributed by atoms with Crippen LogP contribution in [0.15, 0.2) is 18.3 Å². The SMILES string of the molecule is CCOC(=O)CCC(=O)Nc1cccnc1C(=O)O. The van der Waals surface area contributed by atoms with Gasteiger partial charge >= 0.3 is 11.9 Å². The molecule has 1 rings (SSSR count). The van der Waals surface area contributed by atoms with Gasteiger partial charge in [-0.25, -0.2) is 9.78 Å². The summed E-state index contributed by atoms with van der Waals surface area (Å²) in [6.07, 6.45) is 1.19. The normalized spacial score (nSPS) is 9.74. The van der Waals surface area contributed by atoms with E-state index in [9.17, 15) is 14.4 Å². The van der Waals surface area contributed by atoms with Gasteiger partial charge in [-0.05, 0) is 19.1 Å². The summed E-state index contributed by atoms with van der Waals surface area (Å²) in [4.78, 5) is 37.1. The first kappa shape index (κ1) is 14.6. The summed E-state index contributed by atoms with van der Waals surface area (Å²) in [6.45, 7) is 1.93. The standard InChI is InChI=1S/C12H14N2O5/c1-2-19-10(16)6-5-9(15)14-8-4-3-7-13-11(8)12(17)18/h3-4,7H,2,5-6H2,1H3,(H,14,15)(H,17,18). The lowest BCUT2D eigenvalue weighted by Crippen LogP contribution is -2.17. The van der Waals surface area contributed by atoms with Crippen molar-refractivity contribution in [3.05, 3.63) is 24.0 Å². The number of carboxylic acids is 1. The van der Waals surface area contributed by atoms with Crippen LogP contribution >= 0.6 is 0 Å². The highest BCUT2D eigenvalue weighted by atomic mass is 16.5. The fraction of sp³-hybridized carbons (Fsp3) is 0.333. The van der Waals surface area contributed by atoms with E-state index < -0.39 is 17.8 Å². The van der Waals surface area contributed by atoms with Crippen LogP contribution in [-0.4, -0.2) is 34.5 Å². The molecule has 19 heavy (non-hydrogen) atoms. The van der Waals surface area contributed by atoms with Crippen LogP contribution in [0.5, 0.6) is 0 Å². The third-order valence-electron chi connectivity index (χ3n) is 2.15. The molecule has 0 saturated heterocycles. The minimum Gasteiger partial charge on any atom is -0.476 e. The number of ether oxygens (including phenoxy) is 1. The summed E-state index contributed by atoms with van der Waals surface area (Å²) in [7, 11) is 0. The number of nitrogens with one attached hydrogen (secondary N) is 1. The Balaban J connectivity index is 2.58. The van der Waals surface area contributed by atoms with Crippen molar-refractivity contribution < 1.29 is 24.2 Å². The highest BCUT2D eigenvalue weighted by molar-refractivity contribution is 5.99. The number of rotatable bonds is 6. The topological polar surface area (TPSA) is 106 Å². The number of nitrogens with zero attached hydrogens (tertiary/aromatic N) is 1. The molecule has 0 aliphatic carbocycles. The quantitative estimate of drug-likeness (QED) is 0.746. The molecule has 0 aliphatic heterocycles. The van der Waals surface area contributed by atoms with Crippen LogP contribution in [0, 0.1) is 0 Å². The number of aromatic carboxylic acids is 1. The number of amides is 1. The highest BCUT2D eigenvalue weighted by Gasteiger charge is 2.14. The molecule has 102 valence electrons. The Labute approximate surface area is 109 Å². The molecule has 7 heteroatoms. The van der Waals surface area contributed by atoms with Crippen molar-refractivity contribution in [2.75, 3.05) is 11.9 Å². The van der Waals surface area contributed by atoms with Crippen molar-refractivity contribution in [1.29, 1.82) is 0 Å². The highest BCUT2D eigenvalue weighted by Crippen LogP contribution is 2.12. The van der Waals surface area contributed by atoms with Crippen LogP contribution in [-0.2, 0) is 14.3 Å². The first-order chi connectivity index (χ1) is 9.04. The van der Waals surface area contributed by atoms with E-state index in [0.717, 1.165) is 0 Å². The molecule has 0 atom stereocenters. The first-order valence-corrected chi connectivity index (χ1v) is 5.68. The van der Waals surface area contributed by atoms with E-state index in [1.807, 2.05) is 0 Å². The predicted octanol–water partition coefficient (Wildman–Crippen LogP) is 1.06. The Morgan fingerprint density at radius 1 is 1.37 bits per heavy atom. The van der Waals surface area contributed by atoms with E-state index in [2.05, 4.69) is 15.0 Å². The van der Waals surface area contributed by atoms with Gasteiger partial charge in [-0.2, -0.15) is 0 Å². The summed E-state index contributed by atoms with van der Waals surface area (Å²) in [5.74, 6) is -2.17. The number of carbonyl (C=O) groups excluding carboxylic acids is 2. The van der Waals surface area contributed by atoms with Gasteiger partial charge in [0.1, 0.15) is 0 Å².